The summed E-state index contributed by atoms with van der Waals surface area (Å²) in [4.78, 5) is 46.3. The average Bonchev–Trinajstić information content (AvgIpc) is 3.40. The molecule has 51 heavy (non-hydrogen) atoms. The molecule has 3 aromatic carbocycles. The predicted octanol–water partition coefficient (Wildman–Crippen LogP) is 4.62. The van der Waals surface area contributed by atoms with Crippen LogP contribution in [-0.2, 0) is 45.4 Å². The molecule has 0 aliphatic carbocycles. The Balaban J connectivity index is 1.08. The molecule has 0 bridgehead atoms. The summed E-state index contributed by atoms with van der Waals surface area (Å²) in [5, 5.41) is 11.2. The van der Waals surface area contributed by atoms with E-state index < -0.39 is 39.5 Å². The fourth-order valence-corrected chi connectivity index (χ4v) is 6.26. The number of nitrogens with one attached hydrogen (secondary N) is 4. The van der Waals surface area contributed by atoms with Gasteiger partial charge in [0.15, 0.2) is 0 Å². The lowest BCUT2D eigenvalue weighted by molar-refractivity contribution is -0.138. The molecular weight excluding hydrogens is 689 g/mol. The number of alkyl halides is 3. The average molecular weight is 723 g/mol. The van der Waals surface area contributed by atoms with Crippen LogP contribution in [0.5, 0.6) is 0 Å². The van der Waals surface area contributed by atoms with E-state index >= 15 is 0 Å². The molecule has 1 saturated heterocycles. The standard InChI is InChI=1S/C34H33F3N8O5S/c1-44(51(2,49)50)25-5-3-4-20(15-25)17-39-30-27(34(35,36)37)18-40-33(43-30)41-24-9-7-23(8-10-24)38-16-21-6-11-26-22(14-21)19-45(32(26)48)28-12-13-29(46)42-31(28)47/h3-11,14-15,18,28,38H,12-13,16-17,19H2,1-2H3,(H,42,46,47)(H2,39,40,41,43). The Hall–Kier alpha value is -5.71. The Morgan fingerprint density at radius 1 is 0.961 bits per heavy atom. The van der Waals surface area contributed by atoms with Crippen LogP contribution in [0.2, 0.25) is 0 Å². The minimum atomic E-state index is -4.73. The first-order valence-corrected chi connectivity index (χ1v) is 17.6. The maximum atomic E-state index is 13.8. The van der Waals surface area contributed by atoms with Crippen molar-refractivity contribution < 1.29 is 36.0 Å². The van der Waals surface area contributed by atoms with Crippen molar-refractivity contribution in [3.05, 3.63) is 101 Å². The molecule has 13 nitrogen and oxygen atoms in total. The highest BCUT2D eigenvalue weighted by Crippen LogP contribution is 2.35. The van der Waals surface area contributed by atoms with Gasteiger partial charge in [0.1, 0.15) is 17.4 Å². The molecule has 4 N–H and O–H groups in total. The van der Waals surface area contributed by atoms with E-state index in [0.717, 1.165) is 27.4 Å². The monoisotopic (exact) mass is 722 g/mol. The molecule has 1 atom stereocenters. The number of halogens is 3. The molecule has 1 unspecified atom stereocenters. The number of imide groups is 1. The number of hydrogen-bond donors (Lipinski definition) is 4. The van der Waals surface area contributed by atoms with E-state index in [0.29, 0.717) is 35.2 Å². The maximum absolute atomic E-state index is 13.8. The number of piperidine rings is 1. The summed E-state index contributed by atoms with van der Waals surface area (Å²) in [6.07, 6.45) is -2.52. The number of anilines is 5. The van der Waals surface area contributed by atoms with Gasteiger partial charge in [0.25, 0.3) is 5.91 Å². The molecule has 4 aromatic rings. The van der Waals surface area contributed by atoms with Gasteiger partial charge in [0.05, 0.1) is 11.9 Å². The number of sulfonamides is 1. The molecule has 3 heterocycles. The van der Waals surface area contributed by atoms with Gasteiger partial charge in [-0.1, -0.05) is 24.3 Å². The van der Waals surface area contributed by atoms with Crippen molar-refractivity contribution >= 4 is 56.6 Å². The maximum Gasteiger partial charge on any atom is 0.421 e. The van der Waals surface area contributed by atoms with Crippen molar-refractivity contribution in [1.82, 2.24) is 20.2 Å². The van der Waals surface area contributed by atoms with Crippen LogP contribution in [-0.4, -0.2) is 60.4 Å². The molecule has 17 heteroatoms. The third-order valence-corrected chi connectivity index (χ3v) is 9.76. The SMILES string of the molecule is CN(c1cccc(CNc2nc(Nc3ccc(NCc4ccc5c(c4)CN(C4CCC(=O)NC4=O)C5=O)cc3)ncc2C(F)(F)F)c1)S(C)(=O)=O. The predicted molar refractivity (Wildman–Crippen MR) is 184 cm³/mol. The summed E-state index contributed by atoms with van der Waals surface area (Å²) in [6, 6.07) is 18.1. The van der Waals surface area contributed by atoms with Gasteiger partial charge in [-0.05, 0) is 65.6 Å². The number of nitrogens with zero attached hydrogens (tertiary/aromatic N) is 4. The third kappa shape index (κ3) is 8.03. The minimum Gasteiger partial charge on any atom is -0.381 e. The molecule has 1 fully saturated rings. The molecule has 6 rings (SSSR count). The smallest absolute Gasteiger partial charge is 0.381 e. The van der Waals surface area contributed by atoms with Gasteiger partial charge >= 0.3 is 6.18 Å². The zero-order valence-corrected chi connectivity index (χ0v) is 28.2. The van der Waals surface area contributed by atoms with Gasteiger partial charge in [0.2, 0.25) is 27.8 Å². The van der Waals surface area contributed by atoms with Crippen LogP contribution >= 0.6 is 0 Å². The van der Waals surface area contributed by atoms with Gasteiger partial charge in [-0.25, -0.2) is 13.4 Å². The van der Waals surface area contributed by atoms with Crippen LogP contribution in [0.3, 0.4) is 0 Å². The van der Waals surface area contributed by atoms with Gasteiger partial charge in [-0.2, -0.15) is 18.2 Å². The first-order chi connectivity index (χ1) is 24.2. The van der Waals surface area contributed by atoms with Crippen LogP contribution in [0.25, 0.3) is 0 Å². The zero-order chi connectivity index (χ0) is 36.5. The van der Waals surface area contributed by atoms with Crippen molar-refractivity contribution in [2.24, 2.45) is 0 Å². The molecular formula is C34H33F3N8O5S. The first-order valence-electron chi connectivity index (χ1n) is 15.7. The lowest BCUT2D eigenvalue weighted by atomic mass is 10.0. The highest BCUT2D eigenvalue weighted by molar-refractivity contribution is 7.92. The Bertz CT molecular complexity index is 2110. The number of amides is 3. The molecule has 0 spiro atoms. The van der Waals surface area contributed by atoms with E-state index in [1.54, 1.807) is 54.6 Å². The second-order valence-corrected chi connectivity index (χ2v) is 14.2. The number of hydrogen-bond acceptors (Lipinski definition) is 10. The van der Waals surface area contributed by atoms with Crippen LogP contribution < -0.4 is 25.6 Å². The lowest BCUT2D eigenvalue weighted by Crippen LogP contribution is -2.52. The molecule has 0 radical (unpaired) electrons. The third-order valence-electron chi connectivity index (χ3n) is 8.55. The normalized spacial score (nSPS) is 16.1. The van der Waals surface area contributed by atoms with Crippen LogP contribution in [0.1, 0.15) is 45.5 Å². The summed E-state index contributed by atoms with van der Waals surface area (Å²) in [6.45, 7) is 0.634. The molecule has 1 aromatic heterocycles. The van der Waals surface area contributed by atoms with E-state index in [-0.39, 0.29) is 43.7 Å². The summed E-state index contributed by atoms with van der Waals surface area (Å²) in [5.74, 6) is -1.57. The summed E-state index contributed by atoms with van der Waals surface area (Å²) in [5.41, 5.74) is 3.33. The Morgan fingerprint density at radius 3 is 2.37 bits per heavy atom. The van der Waals surface area contributed by atoms with Gasteiger partial charge < -0.3 is 20.9 Å². The molecule has 2 aliphatic heterocycles. The Morgan fingerprint density at radius 2 is 1.67 bits per heavy atom. The number of aromatic nitrogens is 2. The number of benzene rings is 3. The lowest BCUT2D eigenvalue weighted by Gasteiger charge is -2.29. The molecule has 266 valence electrons. The summed E-state index contributed by atoms with van der Waals surface area (Å²) in [7, 11) is -2.15. The highest BCUT2D eigenvalue weighted by atomic mass is 32.2. The minimum absolute atomic E-state index is 0.0655. The van der Waals surface area contributed by atoms with Crippen molar-refractivity contribution in [2.45, 2.75) is 44.7 Å². The first kappa shape index (κ1) is 35.1. The molecule has 0 saturated carbocycles. The fraction of sp³-hybridized carbons (Fsp3) is 0.265. The summed E-state index contributed by atoms with van der Waals surface area (Å²) >= 11 is 0. The zero-order valence-electron chi connectivity index (χ0n) is 27.4. The Kier molecular flexibility index (Phi) is 9.57. The molecule has 3 amide bonds. The second kappa shape index (κ2) is 13.9. The summed E-state index contributed by atoms with van der Waals surface area (Å²) < 4.78 is 66.3. The van der Waals surface area contributed by atoms with E-state index in [4.69, 9.17) is 0 Å². The van der Waals surface area contributed by atoms with Crippen molar-refractivity contribution in [2.75, 3.05) is 33.6 Å². The quantitative estimate of drug-likeness (QED) is 0.161. The number of fused-ring (bicyclic) bond motifs is 1. The fourth-order valence-electron chi connectivity index (χ4n) is 5.77. The number of rotatable bonds is 11. The second-order valence-electron chi connectivity index (χ2n) is 12.2. The largest absolute Gasteiger partial charge is 0.421 e. The van der Waals surface area contributed by atoms with E-state index in [1.165, 1.54) is 11.9 Å². The van der Waals surface area contributed by atoms with Crippen molar-refractivity contribution in [1.29, 1.82) is 0 Å². The molecule has 2 aliphatic rings. The van der Waals surface area contributed by atoms with Crippen molar-refractivity contribution in [3.8, 4) is 0 Å². The van der Waals surface area contributed by atoms with E-state index in [1.807, 2.05) is 12.1 Å². The highest BCUT2D eigenvalue weighted by Gasteiger charge is 2.39. The topological polar surface area (TPSA) is 166 Å². The number of carbonyl (C=O) groups is 3. The van der Waals surface area contributed by atoms with Gasteiger partial charge in [0, 0.05) is 56.2 Å². The van der Waals surface area contributed by atoms with E-state index in [2.05, 4.69) is 31.2 Å². The number of carbonyl (C=O) groups excluding carboxylic acids is 3. The Labute approximate surface area is 291 Å². The van der Waals surface area contributed by atoms with Crippen molar-refractivity contribution in [3.63, 3.8) is 0 Å². The van der Waals surface area contributed by atoms with Crippen LogP contribution in [0.4, 0.5) is 42.0 Å². The van der Waals surface area contributed by atoms with Crippen LogP contribution in [0, 0.1) is 0 Å². The van der Waals surface area contributed by atoms with E-state index in [9.17, 15) is 36.0 Å². The van der Waals surface area contributed by atoms with Gasteiger partial charge in [-0.3, -0.25) is 24.0 Å². The van der Waals surface area contributed by atoms with Gasteiger partial charge in [-0.15, -0.1) is 0 Å². The van der Waals surface area contributed by atoms with Crippen LogP contribution in [0.15, 0.2) is 72.9 Å².